The van der Waals surface area contributed by atoms with E-state index in [4.69, 9.17) is 0 Å². The molecule has 1 aromatic carbocycles. The molecule has 0 spiro atoms. The van der Waals surface area contributed by atoms with Crippen LogP contribution in [0.5, 0.6) is 0 Å². The standard InChI is InChI=1S/C18H26N4O5S/c1-15-16(22(24)25)6-5-7-17(15)28(26,27)21-12-10-19(11-13-21)14-18(23)20-8-3-2-4-9-20/h5-7H,2-4,8-14H2,1H3. The van der Waals surface area contributed by atoms with Gasteiger partial charge < -0.3 is 4.90 Å². The molecule has 10 heteroatoms. The lowest BCUT2D eigenvalue weighted by Gasteiger charge is -2.35. The van der Waals surface area contributed by atoms with Gasteiger partial charge in [-0.2, -0.15) is 4.31 Å². The number of nitro groups is 1. The number of hydrogen-bond donors (Lipinski definition) is 0. The van der Waals surface area contributed by atoms with Gasteiger partial charge in [0.15, 0.2) is 0 Å². The zero-order chi connectivity index (χ0) is 20.3. The summed E-state index contributed by atoms with van der Waals surface area (Å²) in [6.45, 7) is 4.83. The molecule has 0 aliphatic carbocycles. The van der Waals surface area contributed by atoms with Gasteiger partial charge in [-0.25, -0.2) is 8.42 Å². The number of nitrogens with zero attached hydrogens (tertiary/aromatic N) is 4. The number of rotatable bonds is 5. The van der Waals surface area contributed by atoms with E-state index in [1.165, 1.54) is 29.4 Å². The Hall–Kier alpha value is -2.04. The smallest absolute Gasteiger partial charge is 0.273 e. The van der Waals surface area contributed by atoms with Crippen LogP contribution in [0.2, 0.25) is 0 Å². The largest absolute Gasteiger partial charge is 0.342 e. The van der Waals surface area contributed by atoms with Gasteiger partial charge in [0.25, 0.3) is 5.69 Å². The third-order valence-corrected chi connectivity index (χ3v) is 7.51. The summed E-state index contributed by atoms with van der Waals surface area (Å²) >= 11 is 0. The summed E-state index contributed by atoms with van der Waals surface area (Å²) in [6.07, 6.45) is 3.25. The number of benzene rings is 1. The monoisotopic (exact) mass is 410 g/mol. The van der Waals surface area contributed by atoms with Gasteiger partial charge in [-0.15, -0.1) is 0 Å². The molecule has 9 nitrogen and oxygen atoms in total. The first kappa shape index (κ1) is 20.7. The fourth-order valence-electron chi connectivity index (χ4n) is 3.78. The SMILES string of the molecule is Cc1c([N+](=O)[O-])cccc1S(=O)(=O)N1CCN(CC(=O)N2CCCCC2)CC1. The number of piperazine rings is 1. The van der Waals surface area contributed by atoms with E-state index >= 15 is 0 Å². The predicted octanol–water partition coefficient (Wildman–Crippen LogP) is 1.22. The van der Waals surface area contributed by atoms with Gasteiger partial charge >= 0.3 is 0 Å². The maximum Gasteiger partial charge on any atom is 0.273 e. The highest BCUT2D eigenvalue weighted by Gasteiger charge is 2.32. The third-order valence-electron chi connectivity index (χ3n) is 5.47. The molecule has 2 fully saturated rings. The van der Waals surface area contributed by atoms with E-state index in [9.17, 15) is 23.3 Å². The van der Waals surface area contributed by atoms with Crippen molar-refractivity contribution in [3.8, 4) is 0 Å². The van der Waals surface area contributed by atoms with E-state index in [0.29, 0.717) is 19.6 Å². The Morgan fingerprint density at radius 3 is 2.32 bits per heavy atom. The summed E-state index contributed by atoms with van der Waals surface area (Å²) in [5.41, 5.74) is -0.0537. The molecular weight excluding hydrogens is 384 g/mol. The van der Waals surface area contributed by atoms with E-state index in [2.05, 4.69) is 0 Å². The van der Waals surface area contributed by atoms with Gasteiger partial charge in [-0.3, -0.25) is 19.8 Å². The molecule has 0 radical (unpaired) electrons. The topological polar surface area (TPSA) is 104 Å². The van der Waals surface area contributed by atoms with Crippen LogP contribution in [0.25, 0.3) is 0 Å². The van der Waals surface area contributed by atoms with Crippen LogP contribution in [-0.2, 0) is 14.8 Å². The van der Waals surface area contributed by atoms with Crippen LogP contribution >= 0.6 is 0 Å². The first-order chi connectivity index (χ1) is 13.3. The second-order valence-electron chi connectivity index (χ2n) is 7.28. The molecule has 28 heavy (non-hydrogen) atoms. The second-order valence-corrected chi connectivity index (χ2v) is 9.19. The molecule has 0 bridgehead atoms. The summed E-state index contributed by atoms with van der Waals surface area (Å²) in [6, 6.07) is 4.11. The molecule has 1 amide bonds. The van der Waals surface area contributed by atoms with Crippen molar-refractivity contribution in [2.75, 3.05) is 45.8 Å². The lowest BCUT2D eigenvalue weighted by atomic mass is 10.1. The van der Waals surface area contributed by atoms with Crippen molar-refractivity contribution in [1.82, 2.24) is 14.1 Å². The number of hydrogen-bond acceptors (Lipinski definition) is 6. The fourth-order valence-corrected chi connectivity index (χ4v) is 5.45. The van der Waals surface area contributed by atoms with Gasteiger partial charge in [0.2, 0.25) is 15.9 Å². The molecule has 2 aliphatic heterocycles. The number of nitro benzene ring substituents is 1. The first-order valence-corrected chi connectivity index (χ1v) is 11.0. The Bertz CT molecular complexity index is 844. The Balaban J connectivity index is 1.63. The van der Waals surface area contributed by atoms with Crippen LogP contribution in [0.4, 0.5) is 5.69 Å². The van der Waals surface area contributed by atoms with Crippen molar-refractivity contribution < 1.29 is 18.1 Å². The normalized spacial score (nSPS) is 19.5. The van der Waals surface area contributed by atoms with Gasteiger partial charge in [-0.1, -0.05) is 6.07 Å². The van der Waals surface area contributed by atoms with Crippen LogP contribution < -0.4 is 0 Å². The van der Waals surface area contributed by atoms with Crippen molar-refractivity contribution in [2.24, 2.45) is 0 Å². The Morgan fingerprint density at radius 2 is 1.71 bits per heavy atom. The van der Waals surface area contributed by atoms with Gasteiger partial charge in [0.1, 0.15) is 0 Å². The lowest BCUT2D eigenvalue weighted by molar-refractivity contribution is -0.385. The summed E-state index contributed by atoms with van der Waals surface area (Å²) in [5, 5.41) is 11.1. The average molecular weight is 410 g/mol. The van der Waals surface area contributed by atoms with Crippen LogP contribution in [0, 0.1) is 17.0 Å². The average Bonchev–Trinajstić information content (AvgIpc) is 2.69. The van der Waals surface area contributed by atoms with Gasteiger partial charge in [-0.05, 0) is 32.3 Å². The minimum atomic E-state index is -3.81. The molecule has 0 saturated carbocycles. The molecule has 0 unspecified atom stereocenters. The molecule has 0 atom stereocenters. The fraction of sp³-hybridized carbons (Fsp3) is 0.611. The number of likely N-dealkylation sites (tertiary alicyclic amines) is 1. The number of carbonyl (C=O) groups is 1. The van der Waals surface area contributed by atoms with Crippen molar-refractivity contribution in [3.05, 3.63) is 33.9 Å². The third kappa shape index (κ3) is 4.34. The highest BCUT2D eigenvalue weighted by Crippen LogP contribution is 2.27. The van der Waals surface area contributed by atoms with E-state index in [1.807, 2.05) is 9.80 Å². The Kier molecular flexibility index (Phi) is 6.31. The molecule has 2 saturated heterocycles. The van der Waals surface area contributed by atoms with E-state index < -0.39 is 14.9 Å². The minimum Gasteiger partial charge on any atom is -0.342 e. The molecule has 154 valence electrons. The quantitative estimate of drug-likeness (QED) is 0.534. The van der Waals surface area contributed by atoms with Crippen LogP contribution in [0.1, 0.15) is 24.8 Å². The van der Waals surface area contributed by atoms with Crippen molar-refractivity contribution in [2.45, 2.75) is 31.1 Å². The first-order valence-electron chi connectivity index (χ1n) is 9.55. The summed E-state index contributed by atoms with van der Waals surface area (Å²) in [7, 11) is -3.81. The predicted molar refractivity (Wildman–Crippen MR) is 103 cm³/mol. The molecule has 0 aromatic heterocycles. The van der Waals surface area contributed by atoms with E-state index in [1.54, 1.807) is 0 Å². The number of carbonyl (C=O) groups excluding carboxylic acids is 1. The van der Waals surface area contributed by atoms with E-state index in [0.717, 1.165) is 32.4 Å². The van der Waals surface area contributed by atoms with Crippen LogP contribution in [0.15, 0.2) is 23.1 Å². The zero-order valence-corrected chi connectivity index (χ0v) is 16.9. The molecule has 1 aromatic rings. The Labute approximate surface area is 165 Å². The van der Waals surface area contributed by atoms with Gasteiger partial charge in [0, 0.05) is 50.9 Å². The maximum atomic E-state index is 13.0. The van der Waals surface area contributed by atoms with Crippen molar-refractivity contribution in [3.63, 3.8) is 0 Å². The van der Waals surface area contributed by atoms with E-state index in [-0.39, 0.29) is 35.1 Å². The zero-order valence-electron chi connectivity index (χ0n) is 16.0. The van der Waals surface area contributed by atoms with Gasteiger partial charge in [0.05, 0.1) is 16.4 Å². The molecule has 2 aliphatic rings. The lowest BCUT2D eigenvalue weighted by Crippen LogP contribution is -2.52. The second kappa shape index (κ2) is 8.54. The molecule has 0 N–H and O–H groups in total. The van der Waals surface area contributed by atoms with Crippen LogP contribution in [0.3, 0.4) is 0 Å². The summed E-state index contributed by atoms with van der Waals surface area (Å²) in [4.78, 5) is 26.8. The minimum absolute atomic E-state index is 0.0282. The number of piperidine rings is 1. The highest BCUT2D eigenvalue weighted by molar-refractivity contribution is 7.89. The number of sulfonamides is 1. The maximum absolute atomic E-state index is 13.0. The molecule has 3 rings (SSSR count). The van der Waals surface area contributed by atoms with Crippen molar-refractivity contribution in [1.29, 1.82) is 0 Å². The number of amides is 1. The summed E-state index contributed by atoms with van der Waals surface area (Å²) in [5.74, 6) is 0.102. The highest BCUT2D eigenvalue weighted by atomic mass is 32.2. The van der Waals surface area contributed by atoms with Crippen molar-refractivity contribution >= 4 is 21.6 Å². The summed E-state index contributed by atoms with van der Waals surface area (Å²) < 4.78 is 27.3. The molecular formula is C18H26N4O5S. The van der Waals surface area contributed by atoms with Crippen LogP contribution in [-0.4, -0.2) is 79.2 Å². The molecule has 2 heterocycles. The Morgan fingerprint density at radius 1 is 1.07 bits per heavy atom.